The molecule has 0 aromatic heterocycles. The summed E-state index contributed by atoms with van der Waals surface area (Å²) in [4.78, 5) is 17.9. The van der Waals surface area contributed by atoms with Crippen LogP contribution in [0.2, 0.25) is 0 Å². The summed E-state index contributed by atoms with van der Waals surface area (Å²) >= 11 is 0. The van der Waals surface area contributed by atoms with Crippen molar-refractivity contribution in [3.63, 3.8) is 0 Å². The number of hydrogen-bond donors (Lipinski definition) is 1. The Morgan fingerprint density at radius 1 is 1.33 bits per heavy atom. The fourth-order valence-corrected chi connectivity index (χ4v) is 0. The molecule has 1 N–H and O–H groups in total. The quantitative estimate of drug-likeness (QED) is 0.528. The Labute approximate surface area is 66.5 Å². The van der Waals surface area contributed by atoms with Crippen molar-refractivity contribution in [3.8, 4) is 0 Å². The second-order valence-corrected chi connectivity index (χ2v) is 1.01. The molecule has 5 heteroatoms. The van der Waals surface area contributed by atoms with E-state index < -0.39 is 11.9 Å². The molecule has 0 aromatic rings. The van der Waals surface area contributed by atoms with Gasteiger partial charge in [-0.1, -0.05) is 0 Å². The average Bonchev–Trinajstić information content (AvgIpc) is 1.25. The van der Waals surface area contributed by atoms with Gasteiger partial charge in [-0.25, -0.2) is 0 Å². The van der Waals surface area contributed by atoms with Crippen LogP contribution in [0.4, 0.5) is 0 Å². The van der Waals surface area contributed by atoms with E-state index >= 15 is 0 Å². The van der Waals surface area contributed by atoms with Gasteiger partial charge in [-0.3, -0.25) is 4.79 Å². The van der Waals surface area contributed by atoms with Crippen LogP contribution in [0.3, 0.4) is 0 Å². The molecule has 0 bridgehead atoms. The zero-order valence-electron chi connectivity index (χ0n) is 4.99. The Bertz CT molecular complexity index is 70.6. The van der Waals surface area contributed by atoms with Crippen molar-refractivity contribution in [1.29, 1.82) is 0 Å². The molecule has 0 saturated heterocycles. The maximum atomic E-state index is 9.00. The van der Waals surface area contributed by atoms with Crippen LogP contribution in [0.5, 0.6) is 0 Å². The zero-order valence-corrected chi connectivity index (χ0v) is 6.54. The van der Waals surface area contributed by atoms with Gasteiger partial charge < -0.3 is 15.0 Å². The predicted molar refractivity (Wildman–Crippen MR) is 24.0 cm³/mol. The third-order valence-electron chi connectivity index (χ3n) is 0. The number of aliphatic carboxylic acids is 2. The van der Waals surface area contributed by atoms with Gasteiger partial charge in [0.1, 0.15) is 0 Å². The predicted octanol–water partition coefficient (Wildman–Crippen LogP) is -1.16. The van der Waals surface area contributed by atoms with Crippen LogP contribution in [0, 0.1) is 0 Å². The van der Waals surface area contributed by atoms with E-state index in [1.807, 2.05) is 0 Å². The van der Waals surface area contributed by atoms with E-state index in [2.05, 4.69) is 0 Å². The molecular weight excluding hydrogens is 218 g/mol. The summed E-state index contributed by atoms with van der Waals surface area (Å²) < 4.78 is 0. The van der Waals surface area contributed by atoms with Gasteiger partial charge in [-0.2, -0.15) is 0 Å². The second-order valence-electron chi connectivity index (χ2n) is 1.01. The molecule has 0 radical (unpaired) electrons. The van der Waals surface area contributed by atoms with Crippen molar-refractivity contribution in [3.05, 3.63) is 0 Å². The van der Waals surface area contributed by atoms with E-state index in [0.29, 0.717) is 0 Å². The minimum absolute atomic E-state index is 0. The number of carboxylic acid groups (broad SMARTS) is 2. The number of carboxylic acids is 2. The summed E-state index contributed by atoms with van der Waals surface area (Å²) in [5, 5.41) is 16.3. The topological polar surface area (TPSA) is 77.4 Å². The number of rotatable bonds is 0. The van der Waals surface area contributed by atoms with Crippen molar-refractivity contribution in [2.24, 2.45) is 0 Å². The summed E-state index contributed by atoms with van der Waals surface area (Å²) in [5.74, 6) is -1.92. The molecule has 0 saturated carbocycles. The van der Waals surface area contributed by atoms with Crippen LogP contribution >= 0.6 is 0 Å². The van der Waals surface area contributed by atoms with Crippen LogP contribution in [-0.2, 0) is 30.0 Å². The number of carbonyl (C=O) groups excluding carboxylic acids is 1. The number of carbonyl (C=O) groups is 2. The first-order valence-electron chi connectivity index (χ1n) is 1.84. The van der Waals surface area contributed by atoms with Crippen molar-refractivity contribution in [1.82, 2.24) is 0 Å². The smallest absolute Gasteiger partial charge is 0.300 e. The van der Waals surface area contributed by atoms with E-state index in [0.717, 1.165) is 13.8 Å². The molecule has 0 heterocycles. The molecule has 0 unspecified atom stereocenters. The summed E-state index contributed by atoms with van der Waals surface area (Å²) in [6.07, 6.45) is 0. The normalized spacial score (nSPS) is 5.56. The molecule has 0 aliphatic rings. The number of hydrogen-bond acceptors (Lipinski definition) is 3. The summed E-state index contributed by atoms with van der Waals surface area (Å²) in [6, 6.07) is 0. The molecule has 58 valence electrons. The second kappa shape index (κ2) is 10.6. The van der Waals surface area contributed by atoms with Gasteiger partial charge in [-0.15, -0.1) is 0 Å². The molecule has 0 amide bonds. The van der Waals surface area contributed by atoms with Crippen molar-refractivity contribution < 1.29 is 40.2 Å². The molecular formula is C4H7O4Pd-. The Kier molecular flexibility index (Phi) is 18.6. The van der Waals surface area contributed by atoms with Gasteiger partial charge in [0.05, 0.1) is 0 Å². The molecule has 4 nitrogen and oxygen atoms in total. The first-order valence-corrected chi connectivity index (χ1v) is 1.84. The monoisotopic (exact) mass is 225 g/mol. The molecule has 0 aliphatic carbocycles. The van der Waals surface area contributed by atoms with Gasteiger partial charge in [0.15, 0.2) is 0 Å². The van der Waals surface area contributed by atoms with Gasteiger partial charge in [0, 0.05) is 33.3 Å². The van der Waals surface area contributed by atoms with Gasteiger partial charge in [-0.05, 0) is 6.92 Å². The Morgan fingerprint density at radius 3 is 1.33 bits per heavy atom. The van der Waals surface area contributed by atoms with Crippen LogP contribution in [0.15, 0.2) is 0 Å². The summed E-state index contributed by atoms with van der Waals surface area (Å²) in [5.41, 5.74) is 0. The molecule has 0 aliphatic heterocycles. The van der Waals surface area contributed by atoms with Gasteiger partial charge >= 0.3 is 0 Å². The first kappa shape index (κ1) is 15.8. The van der Waals surface area contributed by atoms with Crippen molar-refractivity contribution in [2.45, 2.75) is 13.8 Å². The third kappa shape index (κ3) is 1510. The van der Waals surface area contributed by atoms with Gasteiger partial charge in [0.2, 0.25) is 0 Å². The minimum Gasteiger partial charge on any atom is -0.550 e. The fraction of sp³-hybridized carbons (Fsp3) is 0.500. The van der Waals surface area contributed by atoms with E-state index in [4.69, 9.17) is 19.8 Å². The largest absolute Gasteiger partial charge is 0.550 e. The van der Waals surface area contributed by atoms with Crippen molar-refractivity contribution in [2.75, 3.05) is 0 Å². The van der Waals surface area contributed by atoms with Crippen LogP contribution in [-0.4, -0.2) is 17.0 Å². The third-order valence-corrected chi connectivity index (χ3v) is 0. The molecule has 0 rings (SSSR count). The average molecular weight is 226 g/mol. The molecule has 0 atom stereocenters. The standard InChI is InChI=1S/2C2H4O2.Pd/c2*1-2(3)4;/h2*1H3,(H,3,4);/p-1. The van der Waals surface area contributed by atoms with Crippen LogP contribution in [0.1, 0.15) is 13.8 Å². The Morgan fingerprint density at radius 2 is 1.33 bits per heavy atom. The van der Waals surface area contributed by atoms with E-state index in [1.165, 1.54) is 0 Å². The van der Waals surface area contributed by atoms with Crippen molar-refractivity contribution >= 4 is 11.9 Å². The maximum absolute atomic E-state index is 9.00. The fourth-order valence-electron chi connectivity index (χ4n) is 0. The SMILES string of the molecule is CC(=O)O.CC(=O)[O-].[Pd]. The molecule has 0 fully saturated rings. The molecule has 0 aromatic carbocycles. The minimum atomic E-state index is -1.08. The zero-order chi connectivity index (χ0) is 7.15. The Balaban J connectivity index is -0.0000000720. The first-order chi connectivity index (χ1) is 3.46. The van der Waals surface area contributed by atoms with E-state index in [-0.39, 0.29) is 20.4 Å². The Hall–Kier alpha value is -0.398. The molecule has 0 spiro atoms. The van der Waals surface area contributed by atoms with E-state index in [9.17, 15) is 0 Å². The van der Waals surface area contributed by atoms with E-state index in [1.54, 1.807) is 0 Å². The summed E-state index contributed by atoms with van der Waals surface area (Å²) in [6.45, 7) is 2.06. The maximum Gasteiger partial charge on any atom is 0.300 e. The van der Waals surface area contributed by atoms with Crippen LogP contribution in [0.25, 0.3) is 0 Å². The molecule has 9 heavy (non-hydrogen) atoms. The summed E-state index contributed by atoms with van der Waals surface area (Å²) in [7, 11) is 0. The van der Waals surface area contributed by atoms with Gasteiger partial charge in [0.25, 0.3) is 5.97 Å². The van der Waals surface area contributed by atoms with Crippen LogP contribution < -0.4 is 5.11 Å².